The molecule has 0 radical (unpaired) electrons. The van der Waals surface area contributed by atoms with Gasteiger partial charge in [0.25, 0.3) is 0 Å². The van der Waals surface area contributed by atoms with Crippen molar-refractivity contribution < 1.29 is 0 Å². The van der Waals surface area contributed by atoms with Crippen molar-refractivity contribution in [2.45, 2.75) is 46.6 Å². The zero-order valence-electron chi connectivity index (χ0n) is 13.2. The fraction of sp³-hybridized carbons (Fsp3) is 0.444. The van der Waals surface area contributed by atoms with Crippen molar-refractivity contribution in [3.05, 3.63) is 52.8 Å². The maximum atomic E-state index is 3.51. The Bertz CT molecular complexity index is 550. The minimum absolute atomic E-state index is 0.891. The zero-order valence-corrected chi connectivity index (χ0v) is 13.2. The predicted molar refractivity (Wildman–Crippen MR) is 87.3 cm³/mol. The summed E-state index contributed by atoms with van der Waals surface area (Å²) in [7, 11) is 2.12. The highest BCUT2D eigenvalue weighted by molar-refractivity contribution is 5.45. The summed E-state index contributed by atoms with van der Waals surface area (Å²) in [5.74, 6) is 0. The molecule has 108 valence electrons. The first kappa shape index (κ1) is 14.7. The minimum Gasteiger partial charge on any atom is -0.381 e. The second-order valence-corrected chi connectivity index (χ2v) is 5.61. The number of nitrogens with zero attached hydrogens (tertiary/aromatic N) is 1. The molecule has 0 fully saturated rings. The third-order valence-corrected chi connectivity index (χ3v) is 4.14. The van der Waals surface area contributed by atoms with E-state index in [1.54, 1.807) is 0 Å². The van der Waals surface area contributed by atoms with E-state index >= 15 is 0 Å². The van der Waals surface area contributed by atoms with E-state index in [1.807, 2.05) is 0 Å². The van der Waals surface area contributed by atoms with Crippen LogP contribution in [-0.2, 0) is 20.0 Å². The van der Waals surface area contributed by atoms with Gasteiger partial charge in [-0.1, -0.05) is 25.5 Å². The van der Waals surface area contributed by atoms with E-state index in [2.05, 4.69) is 68.0 Å². The lowest BCUT2D eigenvalue weighted by Gasteiger charge is -2.08. The summed E-state index contributed by atoms with van der Waals surface area (Å²) in [6, 6.07) is 11.1. The van der Waals surface area contributed by atoms with Crippen LogP contribution in [0.1, 0.15) is 42.3 Å². The van der Waals surface area contributed by atoms with Crippen molar-refractivity contribution >= 4 is 5.69 Å². The summed E-state index contributed by atoms with van der Waals surface area (Å²) in [5, 5.41) is 3.51. The number of benzene rings is 1. The predicted octanol–water partition coefficient (Wildman–Crippen LogP) is 4.60. The van der Waals surface area contributed by atoms with Crippen LogP contribution >= 0.6 is 0 Å². The van der Waals surface area contributed by atoms with Crippen LogP contribution in [0, 0.1) is 13.8 Å². The molecule has 20 heavy (non-hydrogen) atoms. The number of nitrogens with one attached hydrogen (secondary N) is 1. The molecular weight excluding hydrogens is 244 g/mol. The number of hydrogen-bond acceptors (Lipinski definition) is 1. The van der Waals surface area contributed by atoms with Crippen molar-refractivity contribution in [1.82, 2.24) is 4.57 Å². The number of unbranched alkanes of at least 4 members (excludes halogenated alkanes) is 1. The number of anilines is 1. The maximum Gasteiger partial charge on any atom is 0.0418 e. The van der Waals surface area contributed by atoms with E-state index in [0.29, 0.717) is 0 Å². The summed E-state index contributed by atoms with van der Waals surface area (Å²) in [6.07, 6.45) is 3.72. The molecule has 0 saturated heterocycles. The highest BCUT2D eigenvalue weighted by atomic mass is 15.0. The van der Waals surface area contributed by atoms with E-state index in [9.17, 15) is 0 Å². The highest BCUT2D eigenvalue weighted by Crippen LogP contribution is 2.16. The van der Waals surface area contributed by atoms with Gasteiger partial charge in [-0.2, -0.15) is 0 Å². The fourth-order valence-corrected chi connectivity index (χ4v) is 2.48. The first-order valence-corrected chi connectivity index (χ1v) is 7.56. The summed E-state index contributed by atoms with van der Waals surface area (Å²) < 4.78 is 2.24. The van der Waals surface area contributed by atoms with Crippen LogP contribution in [0.3, 0.4) is 0 Å². The fourth-order valence-electron chi connectivity index (χ4n) is 2.48. The quantitative estimate of drug-likeness (QED) is 0.812. The smallest absolute Gasteiger partial charge is 0.0418 e. The molecule has 0 atom stereocenters. The summed E-state index contributed by atoms with van der Waals surface area (Å²) in [6.45, 7) is 7.46. The third-order valence-electron chi connectivity index (χ3n) is 4.14. The molecule has 0 aliphatic heterocycles. The number of aryl methyl sites for hydroxylation is 2. The largest absolute Gasteiger partial charge is 0.381 e. The van der Waals surface area contributed by atoms with Crippen LogP contribution in [0.25, 0.3) is 0 Å². The van der Waals surface area contributed by atoms with Gasteiger partial charge in [0.2, 0.25) is 0 Å². The highest BCUT2D eigenvalue weighted by Gasteiger charge is 2.05. The number of aromatic nitrogens is 1. The Hall–Kier alpha value is -1.70. The van der Waals surface area contributed by atoms with Gasteiger partial charge in [-0.05, 0) is 56.0 Å². The van der Waals surface area contributed by atoms with Crippen molar-refractivity contribution in [3.63, 3.8) is 0 Å². The lowest BCUT2D eigenvalue weighted by atomic mass is 10.1. The molecule has 0 spiro atoms. The maximum absolute atomic E-state index is 3.51. The Labute approximate surface area is 122 Å². The Kier molecular flexibility index (Phi) is 4.89. The number of rotatable bonds is 6. The normalized spacial score (nSPS) is 10.8. The average Bonchev–Trinajstić information content (AvgIpc) is 2.71. The Morgan fingerprint density at radius 1 is 1.10 bits per heavy atom. The molecule has 1 heterocycles. The summed E-state index contributed by atoms with van der Waals surface area (Å²) in [5.41, 5.74) is 6.67. The van der Waals surface area contributed by atoms with Gasteiger partial charge in [0.15, 0.2) is 0 Å². The molecule has 1 aromatic carbocycles. The second kappa shape index (κ2) is 6.65. The lowest BCUT2D eigenvalue weighted by Crippen LogP contribution is -2.01. The molecule has 0 aliphatic rings. The Morgan fingerprint density at radius 2 is 1.80 bits per heavy atom. The van der Waals surface area contributed by atoms with Crippen molar-refractivity contribution in [3.8, 4) is 0 Å². The molecule has 2 rings (SSSR count). The molecule has 0 amide bonds. The van der Waals surface area contributed by atoms with E-state index < -0.39 is 0 Å². The van der Waals surface area contributed by atoms with Crippen LogP contribution in [0.15, 0.2) is 30.3 Å². The minimum atomic E-state index is 0.891. The van der Waals surface area contributed by atoms with Gasteiger partial charge >= 0.3 is 0 Å². The first-order chi connectivity index (χ1) is 9.61. The van der Waals surface area contributed by atoms with Crippen molar-refractivity contribution in [2.24, 2.45) is 7.05 Å². The van der Waals surface area contributed by atoms with Gasteiger partial charge in [0.05, 0.1) is 0 Å². The second-order valence-electron chi connectivity index (χ2n) is 5.61. The van der Waals surface area contributed by atoms with E-state index in [4.69, 9.17) is 0 Å². The van der Waals surface area contributed by atoms with Gasteiger partial charge in [0.1, 0.15) is 0 Å². The van der Waals surface area contributed by atoms with Crippen LogP contribution in [-0.4, -0.2) is 4.57 Å². The van der Waals surface area contributed by atoms with Gasteiger partial charge in [-0.25, -0.2) is 0 Å². The monoisotopic (exact) mass is 270 g/mol. The van der Waals surface area contributed by atoms with Crippen LogP contribution in [0.5, 0.6) is 0 Å². The van der Waals surface area contributed by atoms with Crippen LogP contribution in [0.2, 0.25) is 0 Å². The standard InChI is InChI=1S/C18H26N2/c1-5-6-7-16-8-10-18(11-9-16)19-13-17-12-14(2)20(4)15(17)3/h8-12,19H,5-7,13H2,1-4H3. The van der Waals surface area contributed by atoms with Crippen LogP contribution in [0.4, 0.5) is 5.69 Å². The van der Waals surface area contributed by atoms with Crippen molar-refractivity contribution in [1.29, 1.82) is 0 Å². The topological polar surface area (TPSA) is 17.0 Å². The van der Waals surface area contributed by atoms with Gasteiger partial charge in [-0.3, -0.25) is 0 Å². The third kappa shape index (κ3) is 3.44. The molecule has 0 aliphatic carbocycles. The molecule has 0 bridgehead atoms. The SMILES string of the molecule is CCCCc1ccc(NCc2cc(C)n(C)c2C)cc1. The molecule has 2 heteroatoms. The molecule has 1 N–H and O–H groups in total. The number of hydrogen-bond donors (Lipinski definition) is 1. The lowest BCUT2D eigenvalue weighted by molar-refractivity contribution is 0.795. The molecule has 2 aromatic rings. The first-order valence-electron chi connectivity index (χ1n) is 7.56. The molecule has 0 saturated carbocycles. The van der Waals surface area contributed by atoms with E-state index in [1.165, 1.54) is 47.5 Å². The van der Waals surface area contributed by atoms with Gasteiger partial charge in [0, 0.05) is 30.7 Å². The summed E-state index contributed by atoms with van der Waals surface area (Å²) in [4.78, 5) is 0. The molecule has 2 nitrogen and oxygen atoms in total. The van der Waals surface area contributed by atoms with E-state index in [0.717, 1.165) is 6.54 Å². The van der Waals surface area contributed by atoms with E-state index in [-0.39, 0.29) is 0 Å². The average molecular weight is 270 g/mol. The molecule has 1 aromatic heterocycles. The molecule has 0 unspecified atom stereocenters. The Morgan fingerprint density at radius 3 is 2.35 bits per heavy atom. The zero-order chi connectivity index (χ0) is 14.5. The van der Waals surface area contributed by atoms with Gasteiger partial charge < -0.3 is 9.88 Å². The Balaban J connectivity index is 1.95. The molecular formula is C18H26N2. The van der Waals surface area contributed by atoms with Crippen LogP contribution < -0.4 is 5.32 Å². The van der Waals surface area contributed by atoms with Gasteiger partial charge in [-0.15, -0.1) is 0 Å². The summed E-state index contributed by atoms with van der Waals surface area (Å²) >= 11 is 0. The van der Waals surface area contributed by atoms with Crippen molar-refractivity contribution in [2.75, 3.05) is 5.32 Å².